The number of benzene rings is 1. The summed E-state index contributed by atoms with van der Waals surface area (Å²) in [7, 11) is 0. The van der Waals surface area contributed by atoms with Crippen molar-refractivity contribution in [1.82, 2.24) is 0 Å². The molecule has 0 bridgehead atoms. The number of ether oxygens (including phenoxy) is 1. The van der Waals surface area contributed by atoms with Crippen molar-refractivity contribution in [3.63, 3.8) is 0 Å². The fourth-order valence-electron chi connectivity index (χ4n) is 1.51. The van der Waals surface area contributed by atoms with Crippen LogP contribution in [0.1, 0.15) is 32.3 Å². The second-order valence-electron chi connectivity index (χ2n) is 4.60. The Bertz CT molecular complexity index is 344. The summed E-state index contributed by atoms with van der Waals surface area (Å²) in [5.74, 6) is 0.511. The number of hydrogen-bond acceptors (Lipinski definition) is 3. The SMILES string of the molecule is CC(C)CCCOC(=O)Cc1ccc(S)cc1. The summed E-state index contributed by atoms with van der Waals surface area (Å²) in [6.45, 7) is 4.86. The Labute approximate surface area is 109 Å². The molecule has 0 radical (unpaired) electrons. The zero-order valence-electron chi connectivity index (χ0n) is 10.5. The van der Waals surface area contributed by atoms with E-state index in [1.165, 1.54) is 0 Å². The number of thiol groups is 1. The van der Waals surface area contributed by atoms with Crippen LogP contribution in [0.25, 0.3) is 0 Å². The lowest BCUT2D eigenvalue weighted by atomic mass is 10.1. The first kappa shape index (κ1) is 14.1. The van der Waals surface area contributed by atoms with Gasteiger partial charge in [0.2, 0.25) is 0 Å². The van der Waals surface area contributed by atoms with Crippen LogP contribution in [0, 0.1) is 5.92 Å². The number of carbonyl (C=O) groups excluding carboxylic acids is 1. The number of esters is 1. The standard InChI is InChI=1S/C14H20O2S/c1-11(2)4-3-9-16-14(15)10-12-5-7-13(17)8-6-12/h5-8,11,17H,3-4,9-10H2,1-2H3. The normalized spacial score (nSPS) is 10.6. The maximum atomic E-state index is 11.5. The molecule has 0 saturated carbocycles. The topological polar surface area (TPSA) is 26.3 Å². The molecule has 0 heterocycles. The van der Waals surface area contributed by atoms with Gasteiger partial charge in [0.1, 0.15) is 0 Å². The third-order valence-corrected chi connectivity index (χ3v) is 2.77. The molecule has 1 aromatic rings. The van der Waals surface area contributed by atoms with Crippen molar-refractivity contribution in [2.24, 2.45) is 5.92 Å². The van der Waals surface area contributed by atoms with Crippen molar-refractivity contribution >= 4 is 18.6 Å². The van der Waals surface area contributed by atoms with Gasteiger partial charge in [-0.15, -0.1) is 12.6 Å². The predicted octanol–water partition coefficient (Wildman–Crippen LogP) is 3.50. The zero-order valence-corrected chi connectivity index (χ0v) is 11.4. The minimum atomic E-state index is -0.152. The Morgan fingerprint density at radius 1 is 1.29 bits per heavy atom. The summed E-state index contributed by atoms with van der Waals surface area (Å²) in [5, 5.41) is 0. The molecule has 0 amide bonds. The molecule has 0 aliphatic heterocycles. The second-order valence-corrected chi connectivity index (χ2v) is 5.12. The average Bonchev–Trinajstić information content (AvgIpc) is 2.27. The van der Waals surface area contributed by atoms with Crippen LogP contribution < -0.4 is 0 Å². The molecule has 0 aromatic heterocycles. The molecular formula is C14H20O2S. The largest absolute Gasteiger partial charge is 0.465 e. The van der Waals surface area contributed by atoms with Gasteiger partial charge < -0.3 is 4.74 Å². The van der Waals surface area contributed by atoms with Gasteiger partial charge in [0.05, 0.1) is 13.0 Å². The lowest BCUT2D eigenvalue weighted by molar-refractivity contribution is -0.143. The summed E-state index contributed by atoms with van der Waals surface area (Å²) in [4.78, 5) is 12.4. The van der Waals surface area contributed by atoms with Crippen molar-refractivity contribution in [3.8, 4) is 0 Å². The molecule has 0 saturated heterocycles. The van der Waals surface area contributed by atoms with Gasteiger partial charge in [-0.1, -0.05) is 26.0 Å². The van der Waals surface area contributed by atoms with Crippen LogP contribution in [0.5, 0.6) is 0 Å². The monoisotopic (exact) mass is 252 g/mol. The molecule has 3 heteroatoms. The highest BCUT2D eigenvalue weighted by Gasteiger charge is 2.04. The average molecular weight is 252 g/mol. The Hall–Kier alpha value is -0.960. The molecular weight excluding hydrogens is 232 g/mol. The number of carbonyl (C=O) groups is 1. The Morgan fingerprint density at radius 2 is 1.94 bits per heavy atom. The van der Waals surface area contributed by atoms with Gasteiger partial charge in [0.25, 0.3) is 0 Å². The van der Waals surface area contributed by atoms with Crippen LogP contribution in [0.3, 0.4) is 0 Å². The Morgan fingerprint density at radius 3 is 2.53 bits per heavy atom. The fourth-order valence-corrected chi connectivity index (χ4v) is 1.66. The molecule has 0 unspecified atom stereocenters. The summed E-state index contributed by atoms with van der Waals surface area (Å²) >= 11 is 4.19. The molecule has 0 fully saturated rings. The molecule has 0 N–H and O–H groups in total. The van der Waals surface area contributed by atoms with Crippen molar-refractivity contribution in [2.45, 2.75) is 38.0 Å². The van der Waals surface area contributed by atoms with E-state index in [1.807, 2.05) is 24.3 Å². The molecule has 1 rings (SSSR count). The Balaban J connectivity index is 2.23. The molecule has 0 spiro atoms. The smallest absolute Gasteiger partial charge is 0.310 e. The highest BCUT2D eigenvalue weighted by Crippen LogP contribution is 2.09. The first-order chi connectivity index (χ1) is 8.08. The lowest BCUT2D eigenvalue weighted by Gasteiger charge is -2.06. The minimum Gasteiger partial charge on any atom is -0.465 e. The van der Waals surface area contributed by atoms with E-state index in [-0.39, 0.29) is 5.97 Å². The van der Waals surface area contributed by atoms with Crippen molar-refractivity contribution in [3.05, 3.63) is 29.8 Å². The maximum absolute atomic E-state index is 11.5. The van der Waals surface area contributed by atoms with Gasteiger partial charge in [-0.2, -0.15) is 0 Å². The molecule has 0 aliphatic rings. The van der Waals surface area contributed by atoms with E-state index in [0.717, 1.165) is 23.3 Å². The molecule has 1 aromatic carbocycles. The van der Waals surface area contributed by atoms with Crippen LogP contribution in [0.2, 0.25) is 0 Å². The highest BCUT2D eigenvalue weighted by molar-refractivity contribution is 7.80. The summed E-state index contributed by atoms with van der Waals surface area (Å²) in [6.07, 6.45) is 2.39. The molecule has 94 valence electrons. The number of rotatable bonds is 6. The highest BCUT2D eigenvalue weighted by atomic mass is 32.1. The van der Waals surface area contributed by atoms with Gasteiger partial charge in [-0.05, 0) is 36.5 Å². The second kappa shape index (κ2) is 7.38. The van der Waals surface area contributed by atoms with E-state index in [9.17, 15) is 4.79 Å². The molecule has 2 nitrogen and oxygen atoms in total. The molecule has 0 aliphatic carbocycles. The summed E-state index contributed by atoms with van der Waals surface area (Å²) in [6, 6.07) is 7.56. The number of hydrogen-bond donors (Lipinski definition) is 1. The van der Waals surface area contributed by atoms with Crippen LogP contribution in [0.4, 0.5) is 0 Å². The fraction of sp³-hybridized carbons (Fsp3) is 0.500. The molecule has 17 heavy (non-hydrogen) atoms. The third-order valence-electron chi connectivity index (χ3n) is 2.47. The first-order valence-electron chi connectivity index (χ1n) is 6.01. The van der Waals surface area contributed by atoms with Gasteiger partial charge >= 0.3 is 5.97 Å². The zero-order chi connectivity index (χ0) is 12.7. The van der Waals surface area contributed by atoms with E-state index >= 15 is 0 Å². The predicted molar refractivity (Wildman–Crippen MR) is 72.4 cm³/mol. The van der Waals surface area contributed by atoms with Gasteiger partial charge in [-0.3, -0.25) is 4.79 Å². The van der Waals surface area contributed by atoms with Gasteiger partial charge in [0, 0.05) is 4.90 Å². The van der Waals surface area contributed by atoms with Crippen molar-refractivity contribution in [1.29, 1.82) is 0 Å². The van der Waals surface area contributed by atoms with Crippen molar-refractivity contribution < 1.29 is 9.53 Å². The maximum Gasteiger partial charge on any atom is 0.310 e. The third kappa shape index (κ3) is 6.37. The summed E-state index contributed by atoms with van der Waals surface area (Å²) < 4.78 is 5.17. The quantitative estimate of drug-likeness (QED) is 0.476. The molecule has 0 atom stereocenters. The minimum absolute atomic E-state index is 0.152. The van der Waals surface area contributed by atoms with E-state index in [4.69, 9.17) is 4.74 Å². The first-order valence-corrected chi connectivity index (χ1v) is 6.46. The van der Waals surface area contributed by atoms with E-state index in [2.05, 4.69) is 26.5 Å². The Kier molecular flexibility index (Phi) is 6.12. The van der Waals surface area contributed by atoms with E-state index in [0.29, 0.717) is 18.9 Å². The van der Waals surface area contributed by atoms with E-state index in [1.54, 1.807) is 0 Å². The van der Waals surface area contributed by atoms with Crippen LogP contribution >= 0.6 is 12.6 Å². The van der Waals surface area contributed by atoms with E-state index < -0.39 is 0 Å². The lowest BCUT2D eigenvalue weighted by Crippen LogP contribution is -2.09. The van der Waals surface area contributed by atoms with Gasteiger partial charge in [0.15, 0.2) is 0 Å². The summed E-state index contributed by atoms with van der Waals surface area (Å²) in [5.41, 5.74) is 0.969. The van der Waals surface area contributed by atoms with Crippen LogP contribution in [0.15, 0.2) is 29.2 Å². The van der Waals surface area contributed by atoms with Crippen LogP contribution in [-0.4, -0.2) is 12.6 Å². The van der Waals surface area contributed by atoms with Crippen LogP contribution in [-0.2, 0) is 16.0 Å². The van der Waals surface area contributed by atoms with Crippen molar-refractivity contribution in [2.75, 3.05) is 6.61 Å². The van der Waals surface area contributed by atoms with Gasteiger partial charge in [-0.25, -0.2) is 0 Å².